The fourth-order valence-electron chi connectivity index (χ4n) is 2.19. The van der Waals surface area contributed by atoms with Gasteiger partial charge in [-0.05, 0) is 33.0 Å². The summed E-state index contributed by atoms with van der Waals surface area (Å²) in [5, 5.41) is 12.0. The molecule has 1 amide bonds. The molecular formula is C15H24N4O2. The lowest BCUT2D eigenvalue weighted by molar-refractivity contribution is 0.0869. The van der Waals surface area contributed by atoms with Gasteiger partial charge in [0, 0.05) is 37.9 Å². The summed E-state index contributed by atoms with van der Waals surface area (Å²) in [5.74, 6) is 0.643. The van der Waals surface area contributed by atoms with Crippen LogP contribution in [0.5, 0.6) is 0 Å². The smallest absolute Gasteiger partial charge is 0.251 e. The molecule has 21 heavy (non-hydrogen) atoms. The molecule has 6 nitrogen and oxygen atoms in total. The van der Waals surface area contributed by atoms with Gasteiger partial charge < -0.3 is 20.2 Å². The number of hydrogen-bond donors (Lipinski definition) is 2. The monoisotopic (exact) mass is 292 g/mol. The summed E-state index contributed by atoms with van der Waals surface area (Å²) in [6.07, 6.45) is 1.66. The average molecular weight is 292 g/mol. The molecule has 2 heterocycles. The number of aromatic nitrogens is 1. The van der Waals surface area contributed by atoms with Gasteiger partial charge in [-0.2, -0.15) is 0 Å². The van der Waals surface area contributed by atoms with Crippen molar-refractivity contribution < 1.29 is 9.90 Å². The summed E-state index contributed by atoms with van der Waals surface area (Å²) in [7, 11) is 2.10. The van der Waals surface area contributed by atoms with Gasteiger partial charge in [-0.25, -0.2) is 4.98 Å². The standard InChI is InChI=1S/C15H24N4O2/c1-15(2,11-20)17-14(21)12-4-5-16-13(10-12)19-8-6-18(3)7-9-19/h4-5,10,20H,6-9,11H2,1-3H3,(H,17,21). The van der Waals surface area contributed by atoms with Crippen LogP contribution in [-0.4, -0.2) is 66.3 Å². The molecule has 0 bridgehead atoms. The van der Waals surface area contributed by atoms with E-state index in [4.69, 9.17) is 0 Å². The van der Waals surface area contributed by atoms with E-state index < -0.39 is 5.54 Å². The van der Waals surface area contributed by atoms with E-state index in [9.17, 15) is 9.90 Å². The number of nitrogens with one attached hydrogen (secondary N) is 1. The summed E-state index contributed by atoms with van der Waals surface area (Å²) < 4.78 is 0. The van der Waals surface area contributed by atoms with Crippen molar-refractivity contribution in [3.8, 4) is 0 Å². The molecule has 2 rings (SSSR count). The molecule has 0 unspecified atom stereocenters. The van der Waals surface area contributed by atoms with E-state index in [0.717, 1.165) is 32.0 Å². The number of piperazine rings is 1. The number of anilines is 1. The van der Waals surface area contributed by atoms with Crippen LogP contribution in [0.25, 0.3) is 0 Å². The maximum Gasteiger partial charge on any atom is 0.251 e. The first-order valence-electron chi connectivity index (χ1n) is 7.24. The summed E-state index contributed by atoms with van der Waals surface area (Å²) in [4.78, 5) is 21.1. The minimum atomic E-state index is -0.631. The summed E-state index contributed by atoms with van der Waals surface area (Å²) in [5.41, 5.74) is -0.0607. The Balaban J connectivity index is 2.09. The molecule has 2 N–H and O–H groups in total. The van der Waals surface area contributed by atoms with Gasteiger partial charge in [0.05, 0.1) is 12.1 Å². The number of pyridine rings is 1. The number of aliphatic hydroxyl groups is 1. The van der Waals surface area contributed by atoms with Gasteiger partial charge in [0.25, 0.3) is 5.91 Å². The second kappa shape index (κ2) is 6.41. The van der Waals surface area contributed by atoms with Crippen LogP contribution < -0.4 is 10.2 Å². The number of likely N-dealkylation sites (N-methyl/N-ethyl adjacent to an activating group) is 1. The number of aliphatic hydroxyl groups excluding tert-OH is 1. The molecule has 0 atom stereocenters. The lowest BCUT2D eigenvalue weighted by atomic mass is 10.1. The molecule has 0 aromatic carbocycles. The molecule has 116 valence electrons. The Bertz CT molecular complexity index is 496. The third-order valence-electron chi connectivity index (χ3n) is 3.68. The molecule has 0 radical (unpaired) electrons. The largest absolute Gasteiger partial charge is 0.394 e. The predicted octanol–water partition coefficient (Wildman–Crippen LogP) is 0.334. The molecule has 0 saturated carbocycles. The third kappa shape index (κ3) is 4.15. The number of carbonyl (C=O) groups excluding carboxylic acids is 1. The van der Waals surface area contributed by atoms with Crippen molar-refractivity contribution in [2.75, 3.05) is 44.7 Å². The molecule has 1 aliphatic heterocycles. The summed E-state index contributed by atoms with van der Waals surface area (Å²) in [6.45, 7) is 7.29. The second-order valence-electron chi connectivity index (χ2n) is 6.19. The van der Waals surface area contributed by atoms with Gasteiger partial charge >= 0.3 is 0 Å². The normalized spacial score (nSPS) is 16.9. The average Bonchev–Trinajstić information content (AvgIpc) is 2.48. The zero-order chi connectivity index (χ0) is 15.5. The van der Waals surface area contributed by atoms with E-state index >= 15 is 0 Å². The first-order chi connectivity index (χ1) is 9.91. The van der Waals surface area contributed by atoms with Gasteiger partial charge in [0.2, 0.25) is 0 Å². The van der Waals surface area contributed by atoms with E-state index in [1.54, 1.807) is 26.1 Å². The van der Waals surface area contributed by atoms with Crippen LogP contribution in [0.4, 0.5) is 5.82 Å². The van der Waals surface area contributed by atoms with Crippen LogP contribution in [0.2, 0.25) is 0 Å². The Kier molecular flexibility index (Phi) is 4.80. The Labute approximate surface area is 125 Å². The molecule has 1 aliphatic rings. The molecule has 0 spiro atoms. The summed E-state index contributed by atoms with van der Waals surface area (Å²) in [6, 6.07) is 3.51. The van der Waals surface area contributed by atoms with Crippen molar-refractivity contribution in [3.05, 3.63) is 23.9 Å². The van der Waals surface area contributed by atoms with E-state index in [1.807, 2.05) is 6.07 Å². The SMILES string of the molecule is CN1CCN(c2cc(C(=O)NC(C)(C)CO)ccn2)CC1. The number of hydrogen-bond acceptors (Lipinski definition) is 5. The quantitative estimate of drug-likeness (QED) is 0.837. The second-order valence-corrected chi connectivity index (χ2v) is 6.19. The van der Waals surface area contributed by atoms with Crippen LogP contribution in [0.3, 0.4) is 0 Å². The Hall–Kier alpha value is -1.66. The topological polar surface area (TPSA) is 68.7 Å². The van der Waals surface area contributed by atoms with E-state index in [2.05, 4.69) is 27.1 Å². The van der Waals surface area contributed by atoms with Gasteiger partial charge in [-0.15, -0.1) is 0 Å². The minimum Gasteiger partial charge on any atom is -0.394 e. The molecule has 1 aromatic rings. The number of rotatable bonds is 4. The molecule has 6 heteroatoms. The van der Waals surface area contributed by atoms with Gasteiger partial charge in [-0.3, -0.25) is 4.79 Å². The Morgan fingerprint density at radius 1 is 1.38 bits per heavy atom. The first kappa shape index (κ1) is 15.7. The van der Waals surface area contributed by atoms with Crippen molar-refractivity contribution in [1.82, 2.24) is 15.2 Å². The van der Waals surface area contributed by atoms with Crippen molar-refractivity contribution in [2.24, 2.45) is 0 Å². The molecule has 1 fully saturated rings. The van der Waals surface area contributed by atoms with Gasteiger partial charge in [0.15, 0.2) is 0 Å². The third-order valence-corrected chi connectivity index (χ3v) is 3.68. The highest BCUT2D eigenvalue weighted by molar-refractivity contribution is 5.95. The van der Waals surface area contributed by atoms with Crippen molar-refractivity contribution in [2.45, 2.75) is 19.4 Å². The Morgan fingerprint density at radius 3 is 2.67 bits per heavy atom. The molecular weight excluding hydrogens is 268 g/mol. The lowest BCUT2D eigenvalue weighted by Crippen LogP contribution is -2.46. The van der Waals surface area contributed by atoms with Crippen molar-refractivity contribution in [1.29, 1.82) is 0 Å². The molecule has 1 saturated heterocycles. The van der Waals surface area contributed by atoms with E-state index in [0.29, 0.717) is 5.56 Å². The van der Waals surface area contributed by atoms with Crippen LogP contribution in [0, 0.1) is 0 Å². The van der Waals surface area contributed by atoms with Crippen LogP contribution in [0.1, 0.15) is 24.2 Å². The maximum absolute atomic E-state index is 12.2. The first-order valence-corrected chi connectivity index (χ1v) is 7.24. The zero-order valence-electron chi connectivity index (χ0n) is 13.0. The van der Waals surface area contributed by atoms with Crippen LogP contribution >= 0.6 is 0 Å². The highest BCUT2D eigenvalue weighted by Crippen LogP contribution is 2.15. The summed E-state index contributed by atoms with van der Waals surface area (Å²) >= 11 is 0. The number of amides is 1. The van der Waals surface area contributed by atoms with Crippen LogP contribution in [0.15, 0.2) is 18.3 Å². The highest BCUT2D eigenvalue weighted by Gasteiger charge is 2.21. The van der Waals surface area contributed by atoms with E-state index in [-0.39, 0.29) is 12.5 Å². The zero-order valence-corrected chi connectivity index (χ0v) is 13.0. The molecule has 0 aliphatic carbocycles. The van der Waals surface area contributed by atoms with Gasteiger partial charge in [0.1, 0.15) is 5.82 Å². The maximum atomic E-state index is 12.2. The number of carbonyl (C=O) groups is 1. The highest BCUT2D eigenvalue weighted by atomic mass is 16.3. The fraction of sp³-hybridized carbons (Fsp3) is 0.600. The minimum absolute atomic E-state index is 0.102. The number of nitrogens with zero attached hydrogens (tertiary/aromatic N) is 3. The Morgan fingerprint density at radius 2 is 2.05 bits per heavy atom. The molecule has 1 aromatic heterocycles. The van der Waals surface area contributed by atoms with Crippen molar-refractivity contribution >= 4 is 11.7 Å². The van der Waals surface area contributed by atoms with Gasteiger partial charge in [-0.1, -0.05) is 0 Å². The van der Waals surface area contributed by atoms with E-state index in [1.165, 1.54) is 0 Å². The van der Waals surface area contributed by atoms with Crippen LogP contribution in [-0.2, 0) is 0 Å². The lowest BCUT2D eigenvalue weighted by Gasteiger charge is -2.33. The fourth-order valence-corrected chi connectivity index (χ4v) is 2.19. The predicted molar refractivity (Wildman–Crippen MR) is 82.6 cm³/mol. The van der Waals surface area contributed by atoms with Crippen molar-refractivity contribution in [3.63, 3.8) is 0 Å².